The summed E-state index contributed by atoms with van der Waals surface area (Å²) >= 11 is 3.01. The molecule has 300 valence electrons. The van der Waals surface area contributed by atoms with Crippen LogP contribution in [0.15, 0.2) is 85.1 Å². The highest BCUT2D eigenvalue weighted by Crippen LogP contribution is 2.39. The van der Waals surface area contributed by atoms with Crippen LogP contribution >= 0.6 is 34.4 Å². The van der Waals surface area contributed by atoms with Gasteiger partial charge in [0.15, 0.2) is 28.4 Å². The second-order valence-electron chi connectivity index (χ2n) is 12.3. The number of thiazole rings is 1. The first-order chi connectivity index (χ1) is 28.1. The maximum atomic E-state index is 13.4. The molecule has 0 saturated carbocycles. The monoisotopic (exact) mass is 867 g/mol. The Balaban J connectivity index is 0.000000180. The number of aryl methyl sites for hydroxylation is 2. The molecule has 0 unspecified atom stereocenters. The van der Waals surface area contributed by atoms with Crippen molar-refractivity contribution in [3.05, 3.63) is 136 Å². The van der Waals surface area contributed by atoms with Crippen LogP contribution in [0.5, 0.6) is 0 Å². The smallest absolute Gasteiger partial charge is 0.329 e. The predicted molar refractivity (Wildman–Crippen MR) is 213 cm³/mol. The number of hydrogen-bond donors (Lipinski definition) is 4. The fraction of sp³-hybridized carbons (Fsp3) is 0.0789. The summed E-state index contributed by atoms with van der Waals surface area (Å²) in [5, 5.41) is 11.8. The van der Waals surface area contributed by atoms with Crippen LogP contribution in [0.25, 0.3) is 21.3 Å². The lowest BCUT2D eigenvalue weighted by atomic mass is 10.2. The fourth-order valence-corrected chi connectivity index (χ4v) is 8.00. The summed E-state index contributed by atoms with van der Waals surface area (Å²) in [6.07, 6.45) is -2.99. The van der Waals surface area contributed by atoms with E-state index in [0.717, 1.165) is 70.3 Å². The van der Waals surface area contributed by atoms with Gasteiger partial charge in [-0.1, -0.05) is 29.5 Å². The molecule has 8 rings (SSSR count). The van der Waals surface area contributed by atoms with Gasteiger partial charge in [-0.25, -0.2) is 27.5 Å². The van der Waals surface area contributed by atoms with Crippen LogP contribution in [0.3, 0.4) is 0 Å². The Hall–Kier alpha value is -6.58. The van der Waals surface area contributed by atoms with Gasteiger partial charge in [0.2, 0.25) is 0 Å². The van der Waals surface area contributed by atoms with Gasteiger partial charge in [-0.3, -0.25) is 14.6 Å². The molecule has 59 heavy (non-hydrogen) atoms. The number of nitrogens with zero attached hydrogens (tertiary/aromatic N) is 5. The lowest BCUT2D eigenvalue weighted by Crippen LogP contribution is -2.14. The highest BCUT2D eigenvalue weighted by molar-refractivity contribution is 7.22. The van der Waals surface area contributed by atoms with Crippen molar-refractivity contribution in [3.63, 3.8) is 0 Å². The Morgan fingerprint density at radius 3 is 1.76 bits per heavy atom. The van der Waals surface area contributed by atoms with E-state index >= 15 is 0 Å². The first kappa shape index (κ1) is 40.6. The molecule has 0 atom stereocenters. The molecule has 4 N–H and O–H groups in total. The molecule has 11 nitrogen and oxygen atoms in total. The van der Waals surface area contributed by atoms with Gasteiger partial charge in [-0.05, 0) is 85.4 Å². The van der Waals surface area contributed by atoms with Crippen LogP contribution in [-0.2, 0) is 6.18 Å². The molecule has 0 aliphatic carbocycles. The van der Waals surface area contributed by atoms with Crippen LogP contribution in [0.4, 0.5) is 63.1 Å². The van der Waals surface area contributed by atoms with Crippen molar-refractivity contribution in [1.29, 1.82) is 0 Å². The standard InChI is InChI=1S/C19H11F5N4OS2.C19H13F2N5OS/c1-8-14(16(29)25-9-5-6-11(20)12(21)7-9)17(31-28-8)27-18-26-15-10(19(22,23)24)3-2-4-13(15)30-18;1-10-17(18(27)23-11-6-7-12(20)13(21)8-11)19(28-26-10)25-16-9-22-14-4-2-3-5-15(14)24-16/h2-7H,1H3,(H,25,29)(H,26,27);2-9H,1H3,(H,23,27)(H,24,25). The Labute approximate surface area is 340 Å². The predicted octanol–water partition coefficient (Wildman–Crippen LogP) is 11.0. The second-order valence-corrected chi connectivity index (χ2v) is 14.9. The Kier molecular flexibility index (Phi) is 11.5. The Bertz CT molecular complexity index is 2880. The molecule has 0 bridgehead atoms. The van der Waals surface area contributed by atoms with Gasteiger partial charge >= 0.3 is 6.18 Å². The molecule has 21 heteroatoms. The average Bonchev–Trinajstić information content (AvgIpc) is 3.89. The number of fused-ring (bicyclic) bond motifs is 2. The number of nitrogens with one attached hydrogen (secondary N) is 4. The van der Waals surface area contributed by atoms with Gasteiger partial charge in [0.25, 0.3) is 11.8 Å². The van der Waals surface area contributed by atoms with Crippen molar-refractivity contribution in [1.82, 2.24) is 23.7 Å². The molecular formula is C38H24F7N9O2S3. The van der Waals surface area contributed by atoms with Crippen LogP contribution in [0.1, 0.15) is 37.7 Å². The third-order valence-electron chi connectivity index (χ3n) is 8.17. The first-order valence-electron chi connectivity index (χ1n) is 16.8. The van der Waals surface area contributed by atoms with Crippen molar-refractivity contribution < 1.29 is 40.3 Å². The van der Waals surface area contributed by atoms with E-state index in [0.29, 0.717) is 38.0 Å². The summed E-state index contributed by atoms with van der Waals surface area (Å²) in [6, 6.07) is 17.2. The molecule has 0 fully saturated rings. The largest absolute Gasteiger partial charge is 0.418 e. The number of para-hydroxylation sites is 3. The number of amides is 2. The fourth-order valence-electron chi connectivity index (χ4n) is 5.44. The van der Waals surface area contributed by atoms with Gasteiger partial charge in [-0.2, -0.15) is 21.9 Å². The summed E-state index contributed by atoms with van der Waals surface area (Å²) in [6.45, 7) is 3.26. The summed E-state index contributed by atoms with van der Waals surface area (Å²) in [5.74, 6) is -4.87. The second kappa shape index (κ2) is 16.7. The van der Waals surface area contributed by atoms with E-state index in [-0.39, 0.29) is 32.6 Å². The molecule has 0 spiro atoms. The summed E-state index contributed by atoms with van der Waals surface area (Å²) in [7, 11) is 0. The molecule has 8 aromatic rings. The van der Waals surface area contributed by atoms with Crippen molar-refractivity contribution in [3.8, 4) is 0 Å². The zero-order valence-corrected chi connectivity index (χ0v) is 32.5. The SMILES string of the molecule is Cc1nsc(Nc2cnc3ccccc3n2)c1C(=O)Nc1ccc(F)c(F)c1.Cc1nsc(Nc2nc3c(C(F)(F)F)cccc3s2)c1C(=O)Nc1ccc(F)c(F)c1. The van der Waals surface area contributed by atoms with Crippen molar-refractivity contribution >= 4 is 99.8 Å². The summed E-state index contributed by atoms with van der Waals surface area (Å²) < 4.78 is 101. The van der Waals surface area contributed by atoms with Gasteiger partial charge in [0.1, 0.15) is 15.8 Å². The molecule has 4 aromatic heterocycles. The number of alkyl halides is 3. The number of benzene rings is 4. The van der Waals surface area contributed by atoms with E-state index in [1.807, 2.05) is 24.3 Å². The van der Waals surface area contributed by atoms with Crippen LogP contribution in [0.2, 0.25) is 0 Å². The number of aromatic nitrogens is 5. The van der Waals surface area contributed by atoms with Crippen molar-refractivity contribution in [2.75, 3.05) is 21.3 Å². The Morgan fingerprint density at radius 1 is 0.644 bits per heavy atom. The van der Waals surface area contributed by atoms with E-state index in [1.54, 1.807) is 20.0 Å². The zero-order chi connectivity index (χ0) is 42.0. The van der Waals surface area contributed by atoms with Crippen LogP contribution < -0.4 is 21.3 Å². The van der Waals surface area contributed by atoms with Gasteiger partial charge in [0, 0.05) is 23.5 Å². The minimum absolute atomic E-state index is 0.0373. The lowest BCUT2D eigenvalue weighted by molar-refractivity contribution is -0.136. The number of halogens is 7. The number of anilines is 6. The highest BCUT2D eigenvalue weighted by Gasteiger charge is 2.34. The summed E-state index contributed by atoms with van der Waals surface area (Å²) in [5.41, 5.74) is 1.86. The van der Waals surface area contributed by atoms with Crippen LogP contribution in [0, 0.1) is 37.1 Å². The van der Waals surface area contributed by atoms with Gasteiger partial charge in [0.05, 0.1) is 55.5 Å². The zero-order valence-electron chi connectivity index (χ0n) is 30.0. The van der Waals surface area contributed by atoms with Crippen molar-refractivity contribution in [2.45, 2.75) is 20.0 Å². The molecular weight excluding hydrogens is 844 g/mol. The molecule has 0 saturated heterocycles. The maximum Gasteiger partial charge on any atom is 0.418 e. The summed E-state index contributed by atoms with van der Waals surface area (Å²) in [4.78, 5) is 38.2. The minimum Gasteiger partial charge on any atom is -0.329 e. The first-order valence-corrected chi connectivity index (χ1v) is 19.2. The number of rotatable bonds is 8. The molecule has 2 amide bonds. The molecule has 4 aromatic carbocycles. The van der Waals surface area contributed by atoms with E-state index in [2.05, 4.69) is 45.0 Å². The number of hydrogen-bond acceptors (Lipinski definition) is 12. The number of carbonyl (C=O) groups is 2. The van der Waals surface area contributed by atoms with Crippen molar-refractivity contribution in [2.24, 2.45) is 0 Å². The van der Waals surface area contributed by atoms with Gasteiger partial charge in [-0.15, -0.1) is 0 Å². The highest BCUT2D eigenvalue weighted by atomic mass is 32.1. The third kappa shape index (κ3) is 9.11. The quantitative estimate of drug-likeness (QED) is 0.110. The average molecular weight is 868 g/mol. The molecule has 0 aliphatic heterocycles. The third-order valence-corrected chi connectivity index (χ3v) is 10.8. The molecule has 0 aliphatic rings. The Morgan fingerprint density at radius 2 is 1.20 bits per heavy atom. The van der Waals surface area contributed by atoms with E-state index in [4.69, 9.17) is 0 Å². The van der Waals surface area contributed by atoms with Gasteiger partial charge < -0.3 is 21.3 Å². The van der Waals surface area contributed by atoms with E-state index in [9.17, 15) is 40.3 Å². The van der Waals surface area contributed by atoms with Crippen LogP contribution in [-0.4, -0.2) is 35.5 Å². The minimum atomic E-state index is -4.55. The molecule has 4 heterocycles. The van der Waals surface area contributed by atoms with E-state index < -0.39 is 46.8 Å². The maximum absolute atomic E-state index is 13.4. The topological polar surface area (TPSA) is 147 Å². The van der Waals surface area contributed by atoms with E-state index in [1.165, 1.54) is 24.3 Å². The number of carbonyl (C=O) groups excluding carboxylic acids is 2. The molecule has 0 radical (unpaired) electrons. The normalized spacial score (nSPS) is 11.3. The lowest BCUT2D eigenvalue weighted by Gasteiger charge is -2.09.